The van der Waals surface area contributed by atoms with Crippen molar-refractivity contribution >= 4 is 17.9 Å². The lowest BCUT2D eigenvalue weighted by atomic mass is 10.0. The smallest absolute Gasteiger partial charge is 0.306 e. The van der Waals surface area contributed by atoms with E-state index in [1.165, 1.54) is 167 Å². The molecule has 0 fully saturated rings. The molecule has 0 amide bonds. The van der Waals surface area contributed by atoms with Gasteiger partial charge in [0.25, 0.3) is 0 Å². The number of carbonyl (C=O) groups is 3. The minimum atomic E-state index is -0.788. The summed E-state index contributed by atoms with van der Waals surface area (Å²) >= 11 is 0. The Balaban J connectivity index is 4.38. The Morgan fingerprint density at radius 1 is 0.280 bits per heavy atom. The fourth-order valence-electron chi connectivity index (χ4n) is 9.13. The van der Waals surface area contributed by atoms with Gasteiger partial charge in [-0.15, -0.1) is 0 Å². The molecule has 0 saturated heterocycles. The van der Waals surface area contributed by atoms with Crippen molar-refractivity contribution < 1.29 is 28.6 Å². The number of hydrogen-bond donors (Lipinski definition) is 0. The quantitative estimate of drug-likeness (QED) is 0.0261. The van der Waals surface area contributed by atoms with Gasteiger partial charge in [0, 0.05) is 19.3 Å². The molecule has 0 aliphatic heterocycles. The Kier molecular flexibility index (Phi) is 60.3. The van der Waals surface area contributed by atoms with E-state index in [-0.39, 0.29) is 31.1 Å². The van der Waals surface area contributed by atoms with Gasteiger partial charge in [-0.2, -0.15) is 0 Å². The molecule has 0 spiro atoms. The number of ether oxygens (including phenoxy) is 3. The Morgan fingerprint density at radius 2 is 0.520 bits per heavy atom. The van der Waals surface area contributed by atoms with Crippen LogP contribution in [0.2, 0.25) is 0 Å². The summed E-state index contributed by atoms with van der Waals surface area (Å²) in [6.07, 6.45) is 83.0. The lowest BCUT2D eigenvalue weighted by Crippen LogP contribution is -2.30. The van der Waals surface area contributed by atoms with E-state index in [0.717, 1.165) is 109 Å². The van der Waals surface area contributed by atoms with Crippen molar-refractivity contribution in [3.8, 4) is 0 Å². The highest BCUT2D eigenvalue weighted by atomic mass is 16.6. The summed E-state index contributed by atoms with van der Waals surface area (Å²) in [7, 11) is 0. The van der Waals surface area contributed by atoms with Crippen LogP contribution in [0.1, 0.15) is 316 Å². The number of rotatable bonds is 58. The largest absolute Gasteiger partial charge is 0.462 e. The lowest BCUT2D eigenvalue weighted by molar-refractivity contribution is -0.167. The first kappa shape index (κ1) is 71.6. The zero-order valence-electron chi connectivity index (χ0n) is 49.6. The highest BCUT2D eigenvalue weighted by molar-refractivity contribution is 5.71. The zero-order valence-corrected chi connectivity index (χ0v) is 49.6. The molecule has 1 atom stereocenters. The van der Waals surface area contributed by atoms with E-state index in [4.69, 9.17) is 14.2 Å². The zero-order chi connectivity index (χ0) is 54.3. The fourth-order valence-corrected chi connectivity index (χ4v) is 9.13. The van der Waals surface area contributed by atoms with Crippen molar-refractivity contribution in [3.05, 3.63) is 85.1 Å². The van der Waals surface area contributed by atoms with Crippen LogP contribution in [-0.2, 0) is 28.6 Å². The average molecular weight is 1050 g/mol. The molecular weight excluding hydrogens is 925 g/mol. The van der Waals surface area contributed by atoms with Crippen molar-refractivity contribution in [2.75, 3.05) is 13.2 Å². The average Bonchev–Trinajstić information content (AvgIpc) is 3.41. The van der Waals surface area contributed by atoms with Crippen LogP contribution in [0.5, 0.6) is 0 Å². The monoisotopic (exact) mass is 1040 g/mol. The molecule has 0 aromatic carbocycles. The molecule has 0 aromatic rings. The third-order valence-electron chi connectivity index (χ3n) is 13.9. The second-order valence-corrected chi connectivity index (χ2v) is 21.3. The second-order valence-electron chi connectivity index (χ2n) is 21.3. The first-order valence-corrected chi connectivity index (χ1v) is 32.1. The molecule has 0 saturated carbocycles. The molecule has 0 radical (unpaired) electrons. The number of esters is 3. The van der Waals surface area contributed by atoms with Gasteiger partial charge in [-0.3, -0.25) is 14.4 Å². The molecule has 0 bridgehead atoms. The van der Waals surface area contributed by atoms with Crippen LogP contribution in [0.4, 0.5) is 0 Å². The predicted molar refractivity (Wildman–Crippen MR) is 325 cm³/mol. The van der Waals surface area contributed by atoms with Gasteiger partial charge in [0.15, 0.2) is 6.10 Å². The van der Waals surface area contributed by atoms with E-state index in [1.807, 2.05) is 0 Å². The van der Waals surface area contributed by atoms with E-state index < -0.39 is 6.10 Å². The van der Waals surface area contributed by atoms with E-state index in [9.17, 15) is 14.4 Å². The molecule has 0 aliphatic rings. The maximum atomic E-state index is 12.9. The third kappa shape index (κ3) is 61.3. The van der Waals surface area contributed by atoms with E-state index in [1.54, 1.807) is 0 Å². The van der Waals surface area contributed by atoms with Crippen molar-refractivity contribution in [2.45, 2.75) is 322 Å². The molecule has 0 heterocycles. The summed E-state index contributed by atoms with van der Waals surface area (Å²) in [6, 6.07) is 0. The molecule has 6 nitrogen and oxygen atoms in total. The van der Waals surface area contributed by atoms with Crippen LogP contribution in [-0.4, -0.2) is 37.2 Å². The van der Waals surface area contributed by atoms with Crippen LogP contribution >= 0.6 is 0 Å². The SMILES string of the molecule is CC/C=C\C/C=C\C/C=C\C/C=C\C/C=C\C/C=C\C/C=C\CCCCCC(=O)OCC(COC(=O)CCCCCCCCCCCCCCC)OC(=O)CCCCCCCCCCCCCCCCCCCCC. The van der Waals surface area contributed by atoms with Crippen molar-refractivity contribution in [1.82, 2.24) is 0 Å². The molecule has 6 heteroatoms. The molecule has 0 aliphatic carbocycles. The Bertz CT molecular complexity index is 1430. The molecule has 75 heavy (non-hydrogen) atoms. The minimum Gasteiger partial charge on any atom is -0.462 e. The minimum absolute atomic E-state index is 0.0829. The summed E-state index contributed by atoms with van der Waals surface area (Å²) in [5.74, 6) is -0.901. The Hall–Kier alpha value is -3.41. The summed E-state index contributed by atoms with van der Waals surface area (Å²) < 4.78 is 16.9. The maximum absolute atomic E-state index is 12.9. The second kappa shape index (κ2) is 63.1. The van der Waals surface area contributed by atoms with Crippen molar-refractivity contribution in [2.24, 2.45) is 0 Å². The van der Waals surface area contributed by atoms with Gasteiger partial charge in [0.2, 0.25) is 0 Å². The maximum Gasteiger partial charge on any atom is 0.306 e. The summed E-state index contributed by atoms with van der Waals surface area (Å²) in [5.41, 5.74) is 0. The van der Waals surface area contributed by atoms with E-state index in [2.05, 4.69) is 106 Å². The van der Waals surface area contributed by atoms with Gasteiger partial charge in [-0.25, -0.2) is 0 Å². The van der Waals surface area contributed by atoms with Crippen LogP contribution in [0.15, 0.2) is 85.1 Å². The van der Waals surface area contributed by atoms with Gasteiger partial charge in [-0.1, -0.05) is 305 Å². The topological polar surface area (TPSA) is 78.9 Å². The summed E-state index contributed by atoms with van der Waals surface area (Å²) in [6.45, 7) is 6.54. The normalized spacial score (nSPS) is 12.6. The number of allylic oxidation sites excluding steroid dienone is 14. The van der Waals surface area contributed by atoms with Gasteiger partial charge >= 0.3 is 17.9 Å². The van der Waals surface area contributed by atoms with Gasteiger partial charge < -0.3 is 14.2 Å². The molecular formula is C69H120O6. The number of carbonyl (C=O) groups excluding carboxylic acids is 3. The fraction of sp³-hybridized carbons (Fsp3) is 0.754. The predicted octanol–water partition coefficient (Wildman–Crippen LogP) is 21.9. The van der Waals surface area contributed by atoms with Crippen LogP contribution in [0.25, 0.3) is 0 Å². The van der Waals surface area contributed by atoms with Crippen LogP contribution in [0.3, 0.4) is 0 Å². The third-order valence-corrected chi connectivity index (χ3v) is 13.9. The number of hydrogen-bond acceptors (Lipinski definition) is 6. The van der Waals surface area contributed by atoms with Crippen molar-refractivity contribution in [1.29, 1.82) is 0 Å². The van der Waals surface area contributed by atoms with Gasteiger partial charge in [0.1, 0.15) is 13.2 Å². The molecule has 1 unspecified atom stereocenters. The van der Waals surface area contributed by atoms with Gasteiger partial charge in [0.05, 0.1) is 0 Å². The number of unbranched alkanes of at least 4 members (excludes halogenated alkanes) is 33. The van der Waals surface area contributed by atoms with Crippen molar-refractivity contribution in [3.63, 3.8) is 0 Å². The van der Waals surface area contributed by atoms with Crippen LogP contribution in [0, 0.1) is 0 Å². The highest BCUT2D eigenvalue weighted by Crippen LogP contribution is 2.17. The first-order chi connectivity index (χ1) is 37.0. The highest BCUT2D eigenvalue weighted by Gasteiger charge is 2.19. The Morgan fingerprint density at radius 3 is 0.813 bits per heavy atom. The standard InChI is InChI=1S/C69H120O6/c1-4-7-10-13-16-19-22-25-27-29-31-32-33-34-35-36-38-39-41-44-47-50-53-56-59-62-68(71)74-65-66(64-73-67(70)61-58-55-52-49-46-43-24-21-18-15-12-9-6-3)75-69(72)63-60-57-54-51-48-45-42-40-37-30-28-26-23-20-17-14-11-8-5-2/h7,10,16,19,25,27,31-32,34-35,38-39,44,47,66H,4-6,8-9,11-15,17-18,20-24,26,28-30,33,36-37,40-43,45-46,48-65H2,1-3H3/b10-7-,19-16-,27-25-,32-31-,35-34-,39-38-,47-44-. The first-order valence-electron chi connectivity index (χ1n) is 32.1. The summed E-state index contributed by atoms with van der Waals surface area (Å²) in [4.78, 5) is 38.3. The van der Waals surface area contributed by atoms with Crippen LogP contribution < -0.4 is 0 Å². The molecule has 0 aromatic heterocycles. The summed E-state index contributed by atoms with van der Waals surface area (Å²) in [5, 5.41) is 0. The molecule has 0 N–H and O–H groups in total. The van der Waals surface area contributed by atoms with Gasteiger partial charge in [-0.05, 0) is 77.0 Å². The molecule has 0 rings (SSSR count). The Labute approximate surface area is 465 Å². The van der Waals surface area contributed by atoms with E-state index >= 15 is 0 Å². The van der Waals surface area contributed by atoms with E-state index in [0.29, 0.717) is 19.3 Å². The lowest BCUT2D eigenvalue weighted by Gasteiger charge is -2.18. The molecule has 432 valence electrons.